The molecule has 0 aromatic heterocycles. The quantitative estimate of drug-likeness (QED) is 0.297. The molecule has 1 aliphatic rings. The largest absolute Gasteiger partial charge is 0.504 e. The summed E-state index contributed by atoms with van der Waals surface area (Å²) in [5.74, 6) is 1.58. The molecule has 0 amide bonds. The number of hydrogen-bond donors (Lipinski definition) is 3. The van der Waals surface area contributed by atoms with Crippen LogP contribution in [0.25, 0.3) is 0 Å². The number of halogens is 1. The number of nitrogens with one attached hydrogen (secondary N) is 2. The Morgan fingerprint density at radius 2 is 2.04 bits per heavy atom. The Balaban J connectivity index is 0.00000364. The molecule has 3 N–H and O–H groups in total. The first-order chi connectivity index (χ1) is 12.7. The minimum Gasteiger partial charge on any atom is -0.504 e. The van der Waals surface area contributed by atoms with Gasteiger partial charge in [-0.3, -0.25) is 4.99 Å². The number of aliphatic imine (C=N–C) groups is 1. The summed E-state index contributed by atoms with van der Waals surface area (Å²) in [4.78, 5) is 7.26. The lowest BCUT2D eigenvalue weighted by Crippen LogP contribution is -2.48. The van der Waals surface area contributed by atoms with Crippen LogP contribution in [0.3, 0.4) is 0 Å². The molecule has 1 fully saturated rings. The fourth-order valence-corrected chi connectivity index (χ4v) is 3.30. The second-order valence-electron chi connectivity index (χ2n) is 6.78. The Morgan fingerprint density at radius 1 is 1.30 bits per heavy atom. The number of piperidine rings is 1. The van der Waals surface area contributed by atoms with Gasteiger partial charge >= 0.3 is 0 Å². The molecule has 0 saturated carbocycles. The molecule has 1 saturated heterocycles. The molecule has 0 radical (unpaired) electrons. The third-order valence-electron chi connectivity index (χ3n) is 4.73. The Kier molecular flexibility index (Phi) is 11.5. The molecule has 7 heteroatoms. The number of likely N-dealkylation sites (tertiary alicyclic amines) is 1. The summed E-state index contributed by atoms with van der Waals surface area (Å²) in [7, 11) is 1.57. The molecule has 6 nitrogen and oxygen atoms in total. The van der Waals surface area contributed by atoms with E-state index in [2.05, 4.69) is 29.4 Å². The van der Waals surface area contributed by atoms with Gasteiger partial charge < -0.3 is 25.4 Å². The molecule has 1 aromatic rings. The smallest absolute Gasteiger partial charge is 0.191 e. The molecule has 1 heterocycles. The lowest BCUT2D eigenvalue weighted by atomic mass is 10.1. The van der Waals surface area contributed by atoms with Gasteiger partial charge in [-0.15, -0.1) is 24.0 Å². The van der Waals surface area contributed by atoms with E-state index in [-0.39, 0.29) is 29.7 Å². The zero-order valence-electron chi connectivity index (χ0n) is 16.8. The van der Waals surface area contributed by atoms with Gasteiger partial charge in [0, 0.05) is 32.2 Å². The van der Waals surface area contributed by atoms with Crippen LogP contribution >= 0.6 is 24.0 Å². The van der Waals surface area contributed by atoms with Crippen LogP contribution in [0.1, 0.15) is 38.7 Å². The first-order valence-electron chi connectivity index (χ1n) is 9.79. The highest BCUT2D eigenvalue weighted by molar-refractivity contribution is 14.0. The van der Waals surface area contributed by atoms with Crippen LogP contribution in [0.5, 0.6) is 11.5 Å². The predicted molar refractivity (Wildman–Crippen MR) is 123 cm³/mol. The van der Waals surface area contributed by atoms with Gasteiger partial charge in [0.05, 0.1) is 7.11 Å². The maximum atomic E-state index is 9.68. The minimum atomic E-state index is 0. The average Bonchev–Trinajstić information content (AvgIpc) is 2.65. The van der Waals surface area contributed by atoms with Crippen molar-refractivity contribution >= 4 is 29.9 Å². The number of nitrogens with zero attached hydrogens (tertiary/aromatic N) is 2. The summed E-state index contributed by atoms with van der Waals surface area (Å²) < 4.78 is 5.16. The van der Waals surface area contributed by atoms with Crippen LogP contribution < -0.4 is 15.4 Å². The van der Waals surface area contributed by atoms with E-state index < -0.39 is 0 Å². The summed E-state index contributed by atoms with van der Waals surface area (Å²) in [6.45, 7) is 9.41. The second kappa shape index (κ2) is 13.0. The van der Waals surface area contributed by atoms with E-state index in [4.69, 9.17) is 9.73 Å². The van der Waals surface area contributed by atoms with Gasteiger partial charge in [-0.2, -0.15) is 0 Å². The van der Waals surface area contributed by atoms with E-state index in [9.17, 15) is 5.11 Å². The fraction of sp³-hybridized carbons (Fsp3) is 0.650. The predicted octanol–water partition coefficient (Wildman–Crippen LogP) is 2.99. The topological polar surface area (TPSA) is 69.1 Å². The first kappa shape index (κ1) is 23.8. The molecule has 0 aliphatic carbocycles. The minimum absolute atomic E-state index is 0. The molecule has 154 valence electrons. The summed E-state index contributed by atoms with van der Waals surface area (Å²) in [6.07, 6.45) is 4.37. The Labute approximate surface area is 180 Å². The number of ether oxygens (including phenoxy) is 1. The van der Waals surface area contributed by atoms with E-state index >= 15 is 0 Å². The molecule has 0 spiro atoms. The summed E-state index contributed by atoms with van der Waals surface area (Å²) in [5.41, 5.74) is 1.10. The maximum absolute atomic E-state index is 9.68. The summed E-state index contributed by atoms with van der Waals surface area (Å²) >= 11 is 0. The molecule has 0 atom stereocenters. The highest BCUT2D eigenvalue weighted by atomic mass is 127. The first-order valence-corrected chi connectivity index (χ1v) is 9.79. The standard InChI is InChI=1S/C20H34N4O2.HI/c1-4-12-24-13-9-17(10-14-24)23-20(21-5-2)22-11-8-16-6-7-18(25)19(15-16)26-3;/h6-7,15,17,25H,4-5,8-14H2,1-3H3,(H2,21,22,23);1H. The third-order valence-corrected chi connectivity index (χ3v) is 4.73. The molecule has 0 bridgehead atoms. The van der Waals surface area contributed by atoms with Crippen molar-refractivity contribution in [3.8, 4) is 11.5 Å². The summed E-state index contributed by atoms with van der Waals surface area (Å²) in [6, 6.07) is 5.95. The molecular formula is C20H35IN4O2. The van der Waals surface area contributed by atoms with Crippen molar-refractivity contribution in [2.75, 3.05) is 39.8 Å². The zero-order chi connectivity index (χ0) is 18.8. The maximum Gasteiger partial charge on any atom is 0.191 e. The van der Waals surface area contributed by atoms with Crippen molar-refractivity contribution in [1.29, 1.82) is 0 Å². The number of guanidine groups is 1. The van der Waals surface area contributed by atoms with Crippen LogP contribution in [-0.4, -0.2) is 61.8 Å². The van der Waals surface area contributed by atoms with Crippen molar-refractivity contribution in [3.63, 3.8) is 0 Å². The number of rotatable bonds is 8. The van der Waals surface area contributed by atoms with Crippen molar-refractivity contribution in [3.05, 3.63) is 23.8 Å². The summed E-state index contributed by atoms with van der Waals surface area (Å²) in [5, 5.41) is 16.6. The van der Waals surface area contributed by atoms with E-state index in [1.807, 2.05) is 12.1 Å². The van der Waals surface area contributed by atoms with E-state index in [1.165, 1.54) is 25.8 Å². The molecule has 2 rings (SSSR count). The lowest BCUT2D eigenvalue weighted by Gasteiger charge is -2.32. The number of hydrogen-bond acceptors (Lipinski definition) is 4. The van der Waals surface area contributed by atoms with Crippen LogP contribution in [0, 0.1) is 0 Å². The van der Waals surface area contributed by atoms with Crippen molar-refractivity contribution in [1.82, 2.24) is 15.5 Å². The van der Waals surface area contributed by atoms with Crippen LogP contribution in [0.15, 0.2) is 23.2 Å². The van der Waals surface area contributed by atoms with E-state index in [0.29, 0.717) is 18.3 Å². The van der Waals surface area contributed by atoms with E-state index in [0.717, 1.165) is 37.6 Å². The number of methoxy groups -OCH3 is 1. The Bertz CT molecular complexity index is 575. The highest BCUT2D eigenvalue weighted by Crippen LogP contribution is 2.26. The normalized spacial score (nSPS) is 15.9. The van der Waals surface area contributed by atoms with Gasteiger partial charge in [-0.25, -0.2) is 0 Å². The number of aromatic hydroxyl groups is 1. The second-order valence-corrected chi connectivity index (χ2v) is 6.78. The fourth-order valence-electron chi connectivity index (χ4n) is 3.30. The van der Waals surface area contributed by atoms with E-state index in [1.54, 1.807) is 13.2 Å². The third kappa shape index (κ3) is 8.13. The van der Waals surface area contributed by atoms with Crippen molar-refractivity contribution in [2.24, 2.45) is 4.99 Å². The van der Waals surface area contributed by atoms with Gasteiger partial charge in [0.1, 0.15) is 0 Å². The van der Waals surface area contributed by atoms with Crippen molar-refractivity contribution < 1.29 is 9.84 Å². The Morgan fingerprint density at radius 3 is 2.67 bits per heavy atom. The molecule has 0 unspecified atom stereocenters. The lowest BCUT2D eigenvalue weighted by molar-refractivity contribution is 0.206. The zero-order valence-corrected chi connectivity index (χ0v) is 19.2. The van der Waals surface area contributed by atoms with Crippen LogP contribution in [0.4, 0.5) is 0 Å². The van der Waals surface area contributed by atoms with Gasteiger partial charge in [-0.1, -0.05) is 13.0 Å². The van der Waals surface area contributed by atoms with Crippen LogP contribution in [0.2, 0.25) is 0 Å². The SMILES string of the molecule is CCCN1CCC(NC(=NCCc2ccc(O)c(OC)c2)NCC)CC1.I. The average molecular weight is 490 g/mol. The van der Waals surface area contributed by atoms with Crippen LogP contribution in [-0.2, 0) is 6.42 Å². The van der Waals surface area contributed by atoms with Gasteiger partial charge in [0.25, 0.3) is 0 Å². The van der Waals surface area contributed by atoms with Crippen molar-refractivity contribution in [2.45, 2.75) is 45.6 Å². The molecular weight excluding hydrogens is 455 g/mol. The van der Waals surface area contributed by atoms with Gasteiger partial charge in [0.15, 0.2) is 17.5 Å². The van der Waals surface area contributed by atoms with Gasteiger partial charge in [-0.05, 0) is 56.8 Å². The van der Waals surface area contributed by atoms with Gasteiger partial charge in [0.2, 0.25) is 0 Å². The monoisotopic (exact) mass is 490 g/mol. The molecule has 1 aliphatic heterocycles. The number of phenolic OH excluding ortho intramolecular Hbond substituents is 1. The Hall–Kier alpha value is -1.22. The number of benzene rings is 1. The molecule has 1 aromatic carbocycles. The molecule has 27 heavy (non-hydrogen) atoms. The highest BCUT2D eigenvalue weighted by Gasteiger charge is 2.19. The number of phenols is 1.